The van der Waals surface area contributed by atoms with Crippen molar-refractivity contribution in [2.75, 3.05) is 51.4 Å². The molecule has 0 aliphatic carbocycles. The summed E-state index contributed by atoms with van der Waals surface area (Å²) >= 11 is 0. The predicted octanol–water partition coefficient (Wildman–Crippen LogP) is 4.74. The van der Waals surface area contributed by atoms with Gasteiger partial charge in [0.25, 0.3) is 5.90 Å². The summed E-state index contributed by atoms with van der Waals surface area (Å²) < 4.78 is 55.9. The minimum Gasteiger partial charge on any atom is -0.435 e. The number of para-hydroxylation sites is 1. The SMILES string of the molecule is C=C(OC(=NC)C(F)(F)F)c1ccc(CN(C=O)c2ccccc2)cc1.CN1CCC2(CC1)CN(S(C)=O)C2. The van der Waals surface area contributed by atoms with E-state index in [4.69, 9.17) is 4.74 Å². The topological polar surface area (TPSA) is 65.5 Å². The summed E-state index contributed by atoms with van der Waals surface area (Å²) in [6.07, 6.45) is 0.395. The van der Waals surface area contributed by atoms with E-state index in [0.29, 0.717) is 17.5 Å². The second-order valence-electron chi connectivity index (χ2n) is 9.84. The molecule has 11 heteroatoms. The summed E-state index contributed by atoms with van der Waals surface area (Å²) in [5.41, 5.74) is 2.46. The normalized spacial score (nSPS) is 18.4. The summed E-state index contributed by atoms with van der Waals surface area (Å²) in [6, 6.07) is 15.7. The second kappa shape index (κ2) is 13.4. The Balaban J connectivity index is 0.000000268. The summed E-state index contributed by atoms with van der Waals surface area (Å²) in [4.78, 5) is 18.3. The van der Waals surface area contributed by atoms with Crippen LogP contribution in [0.5, 0.6) is 0 Å². The number of amides is 1. The third-order valence-electron chi connectivity index (χ3n) is 6.94. The molecule has 2 fully saturated rings. The Bertz CT molecular complexity index is 1160. The number of alkyl halides is 3. The molecule has 2 aromatic rings. The van der Waals surface area contributed by atoms with Crippen LogP contribution in [0.4, 0.5) is 18.9 Å². The van der Waals surface area contributed by atoms with Gasteiger partial charge in [-0.15, -0.1) is 0 Å². The van der Waals surface area contributed by atoms with Crippen LogP contribution in [0.1, 0.15) is 24.0 Å². The maximum Gasteiger partial charge on any atom is 0.468 e. The lowest BCUT2D eigenvalue weighted by Crippen LogP contribution is -2.59. The monoisotopic (exact) mass is 564 g/mol. The molecule has 7 nitrogen and oxygen atoms in total. The van der Waals surface area contributed by atoms with Gasteiger partial charge in [0.05, 0.1) is 17.5 Å². The lowest BCUT2D eigenvalue weighted by atomic mass is 9.73. The first-order valence-corrected chi connectivity index (χ1v) is 14.0. The van der Waals surface area contributed by atoms with E-state index in [0.717, 1.165) is 37.8 Å². The molecule has 1 spiro atoms. The van der Waals surface area contributed by atoms with Crippen molar-refractivity contribution in [3.63, 3.8) is 0 Å². The van der Waals surface area contributed by atoms with Crippen LogP contribution in [0.15, 0.2) is 66.2 Å². The number of anilines is 1. The van der Waals surface area contributed by atoms with E-state index in [1.807, 2.05) is 18.2 Å². The highest BCUT2D eigenvalue weighted by Gasteiger charge is 2.45. The molecule has 1 amide bonds. The van der Waals surface area contributed by atoms with Crippen molar-refractivity contribution in [3.05, 3.63) is 72.3 Å². The van der Waals surface area contributed by atoms with Crippen molar-refractivity contribution in [3.8, 4) is 0 Å². The Labute approximate surface area is 230 Å². The fourth-order valence-electron chi connectivity index (χ4n) is 4.50. The molecular formula is C28H35F3N4O3S. The fraction of sp³-hybridized carbons (Fsp3) is 0.429. The number of ether oxygens (including phenoxy) is 1. The van der Waals surface area contributed by atoms with Crippen molar-refractivity contribution >= 4 is 34.7 Å². The molecule has 2 aliphatic rings. The van der Waals surface area contributed by atoms with Gasteiger partial charge in [0.15, 0.2) is 0 Å². The number of halogens is 3. The highest BCUT2D eigenvalue weighted by Crippen LogP contribution is 2.40. The number of nitrogens with zero attached hydrogens (tertiary/aromatic N) is 4. The summed E-state index contributed by atoms with van der Waals surface area (Å²) in [7, 11) is 2.44. The number of carbonyl (C=O) groups excluding carboxylic acids is 1. The first kappa shape index (κ1) is 30.5. The van der Waals surface area contributed by atoms with E-state index in [-0.39, 0.29) is 5.76 Å². The Kier molecular flexibility index (Phi) is 10.5. The maximum atomic E-state index is 12.7. The van der Waals surface area contributed by atoms with Crippen LogP contribution < -0.4 is 4.90 Å². The van der Waals surface area contributed by atoms with E-state index in [2.05, 4.69) is 27.8 Å². The number of piperidine rings is 1. The zero-order valence-corrected chi connectivity index (χ0v) is 23.3. The molecule has 0 N–H and O–H groups in total. The number of aliphatic imine (C=N–C) groups is 1. The van der Waals surface area contributed by atoms with E-state index >= 15 is 0 Å². The van der Waals surface area contributed by atoms with Gasteiger partial charge in [0.1, 0.15) is 5.76 Å². The van der Waals surface area contributed by atoms with Crippen LogP contribution in [-0.2, 0) is 27.1 Å². The Morgan fingerprint density at radius 2 is 1.72 bits per heavy atom. The number of carbonyl (C=O) groups is 1. The van der Waals surface area contributed by atoms with Crippen molar-refractivity contribution < 1.29 is 26.9 Å². The highest BCUT2D eigenvalue weighted by atomic mass is 32.2. The van der Waals surface area contributed by atoms with Crippen LogP contribution in [-0.4, -0.2) is 78.4 Å². The molecule has 4 rings (SSSR count). The van der Waals surface area contributed by atoms with Gasteiger partial charge in [-0.3, -0.25) is 9.79 Å². The van der Waals surface area contributed by atoms with Gasteiger partial charge in [-0.2, -0.15) is 13.2 Å². The van der Waals surface area contributed by atoms with Crippen molar-refractivity contribution in [2.45, 2.75) is 25.6 Å². The average molecular weight is 565 g/mol. The number of hydrogen-bond donors (Lipinski definition) is 0. The van der Waals surface area contributed by atoms with Gasteiger partial charge in [0, 0.05) is 43.1 Å². The standard InChI is InChI=1S/C19H17F3N2O2.C9H18N2OS/c1-14(26-18(23-2)19(20,21)22)16-10-8-15(9-11-16)12-24(13-25)17-6-4-3-5-7-17;1-10-5-3-9(4-6-10)7-11(8-9)13(2)12/h3-11,13H,1,12H2,2H3;3-8H2,1-2H3. The van der Waals surface area contributed by atoms with Gasteiger partial charge in [-0.1, -0.05) is 49.0 Å². The largest absolute Gasteiger partial charge is 0.468 e. The Morgan fingerprint density at radius 3 is 2.21 bits per heavy atom. The minimum absolute atomic E-state index is 0.162. The Morgan fingerprint density at radius 1 is 1.13 bits per heavy atom. The summed E-state index contributed by atoms with van der Waals surface area (Å²) in [6.45, 7) is 8.38. The van der Waals surface area contributed by atoms with Gasteiger partial charge in [-0.25, -0.2) is 8.51 Å². The van der Waals surface area contributed by atoms with Crippen molar-refractivity contribution in [1.82, 2.24) is 9.21 Å². The number of benzene rings is 2. The van der Waals surface area contributed by atoms with E-state index in [1.54, 1.807) is 42.7 Å². The van der Waals surface area contributed by atoms with E-state index in [9.17, 15) is 22.2 Å². The second-order valence-corrected chi connectivity index (χ2v) is 11.2. The van der Waals surface area contributed by atoms with Crippen molar-refractivity contribution in [1.29, 1.82) is 0 Å². The van der Waals surface area contributed by atoms with Gasteiger partial charge >= 0.3 is 6.18 Å². The first-order valence-electron chi connectivity index (χ1n) is 12.5. The molecule has 0 bridgehead atoms. The van der Waals surface area contributed by atoms with Gasteiger partial charge in [0.2, 0.25) is 6.41 Å². The smallest absolute Gasteiger partial charge is 0.435 e. The molecule has 0 radical (unpaired) electrons. The molecule has 2 aliphatic heterocycles. The predicted molar refractivity (Wildman–Crippen MR) is 149 cm³/mol. The van der Waals surface area contributed by atoms with Gasteiger partial charge < -0.3 is 14.5 Å². The van der Waals surface area contributed by atoms with Crippen LogP contribution >= 0.6 is 0 Å². The lowest BCUT2D eigenvalue weighted by molar-refractivity contribution is -0.107. The molecule has 39 heavy (non-hydrogen) atoms. The van der Waals surface area contributed by atoms with Crippen LogP contribution in [0.3, 0.4) is 0 Å². The molecular weight excluding hydrogens is 529 g/mol. The zero-order valence-electron chi connectivity index (χ0n) is 22.5. The van der Waals surface area contributed by atoms with E-state index < -0.39 is 23.1 Å². The lowest BCUT2D eigenvalue weighted by Gasteiger charge is -2.52. The fourth-order valence-corrected chi connectivity index (χ4v) is 5.41. The maximum absolute atomic E-state index is 12.7. The first-order chi connectivity index (χ1) is 18.5. The molecule has 0 aromatic heterocycles. The molecule has 0 saturated carbocycles. The molecule has 2 aromatic carbocycles. The quantitative estimate of drug-likeness (QED) is 0.211. The minimum atomic E-state index is -4.68. The Hall–Kier alpha value is -3.02. The van der Waals surface area contributed by atoms with Gasteiger partial charge in [-0.05, 0) is 50.7 Å². The summed E-state index contributed by atoms with van der Waals surface area (Å²) in [5.74, 6) is -1.52. The van der Waals surface area contributed by atoms with Crippen molar-refractivity contribution in [2.24, 2.45) is 10.4 Å². The number of rotatable bonds is 7. The van der Waals surface area contributed by atoms with Crippen LogP contribution in [0, 0.1) is 5.41 Å². The molecule has 212 valence electrons. The third-order valence-corrected chi connectivity index (χ3v) is 7.93. The summed E-state index contributed by atoms with van der Waals surface area (Å²) in [5, 5.41) is 0. The number of hydrogen-bond acceptors (Lipinski definition) is 5. The average Bonchev–Trinajstić information content (AvgIpc) is 2.90. The highest BCUT2D eigenvalue weighted by molar-refractivity contribution is 7.81. The number of likely N-dealkylation sites (tertiary alicyclic amines) is 1. The molecule has 2 saturated heterocycles. The third kappa shape index (κ3) is 8.48. The van der Waals surface area contributed by atoms with E-state index in [1.165, 1.54) is 30.8 Å². The zero-order chi connectivity index (χ0) is 28.6. The molecule has 2 heterocycles. The van der Waals surface area contributed by atoms with Crippen LogP contribution in [0.25, 0.3) is 5.76 Å². The molecule has 1 unspecified atom stereocenters. The van der Waals surface area contributed by atoms with Crippen LogP contribution in [0.2, 0.25) is 0 Å². The molecule has 1 atom stereocenters.